The Morgan fingerprint density at radius 2 is 2.16 bits per heavy atom. The van der Waals surface area contributed by atoms with Crippen LogP contribution in [0.25, 0.3) is 0 Å². The van der Waals surface area contributed by atoms with E-state index in [0.29, 0.717) is 6.42 Å². The molecule has 2 aromatic rings. The van der Waals surface area contributed by atoms with Crippen molar-refractivity contribution in [2.75, 3.05) is 0 Å². The van der Waals surface area contributed by atoms with Gasteiger partial charge in [-0.25, -0.2) is 9.37 Å². The van der Waals surface area contributed by atoms with E-state index in [4.69, 9.17) is 5.84 Å². The molecule has 1 atom stereocenters. The zero-order valence-corrected chi connectivity index (χ0v) is 11.9. The van der Waals surface area contributed by atoms with E-state index in [0.717, 1.165) is 28.2 Å². The molecule has 19 heavy (non-hydrogen) atoms. The number of aryl methyl sites for hydroxylation is 2. The Morgan fingerprint density at radius 1 is 1.37 bits per heavy atom. The summed E-state index contributed by atoms with van der Waals surface area (Å²) in [6, 6.07) is 4.91. The summed E-state index contributed by atoms with van der Waals surface area (Å²) in [4.78, 5) is 4.43. The van der Waals surface area contributed by atoms with Crippen LogP contribution in [-0.2, 0) is 12.8 Å². The molecule has 0 aliphatic carbocycles. The fourth-order valence-corrected chi connectivity index (χ4v) is 2.88. The lowest BCUT2D eigenvalue weighted by molar-refractivity contribution is 0.518. The molecule has 0 fully saturated rings. The first kappa shape index (κ1) is 14.1. The minimum absolute atomic E-state index is 0.0612. The second-order valence-electron chi connectivity index (χ2n) is 4.73. The van der Waals surface area contributed by atoms with E-state index in [-0.39, 0.29) is 11.9 Å². The van der Waals surface area contributed by atoms with Crippen LogP contribution >= 0.6 is 11.3 Å². The molecule has 1 aromatic heterocycles. The zero-order chi connectivity index (χ0) is 13.8. The minimum atomic E-state index is -0.207. The van der Waals surface area contributed by atoms with Crippen LogP contribution in [0.1, 0.15) is 21.8 Å². The number of nitrogens with one attached hydrogen (secondary N) is 1. The number of hydrogen-bond donors (Lipinski definition) is 2. The van der Waals surface area contributed by atoms with Gasteiger partial charge in [0.25, 0.3) is 0 Å². The van der Waals surface area contributed by atoms with Crippen LogP contribution in [0.4, 0.5) is 4.39 Å². The van der Waals surface area contributed by atoms with Crippen molar-refractivity contribution in [3.63, 3.8) is 0 Å². The lowest BCUT2D eigenvalue weighted by Crippen LogP contribution is -2.38. The Kier molecular flexibility index (Phi) is 4.63. The van der Waals surface area contributed by atoms with Gasteiger partial charge in [0.2, 0.25) is 0 Å². The first-order valence-corrected chi connectivity index (χ1v) is 7.08. The van der Waals surface area contributed by atoms with Gasteiger partial charge in [-0.05, 0) is 43.5 Å². The molecule has 0 saturated carbocycles. The summed E-state index contributed by atoms with van der Waals surface area (Å²) in [5.74, 6) is 5.39. The van der Waals surface area contributed by atoms with Crippen molar-refractivity contribution >= 4 is 11.3 Å². The predicted octanol–water partition coefficient (Wildman–Crippen LogP) is 2.52. The highest BCUT2D eigenvalue weighted by Crippen LogP contribution is 2.16. The summed E-state index contributed by atoms with van der Waals surface area (Å²) in [6.07, 6.45) is 1.45. The number of halogens is 1. The number of hydrazine groups is 1. The van der Waals surface area contributed by atoms with Crippen LogP contribution in [0.15, 0.2) is 23.6 Å². The van der Waals surface area contributed by atoms with E-state index < -0.39 is 0 Å². The van der Waals surface area contributed by atoms with Crippen LogP contribution in [0, 0.1) is 19.7 Å². The fourth-order valence-electron chi connectivity index (χ4n) is 2.02. The predicted molar refractivity (Wildman–Crippen MR) is 76.5 cm³/mol. The highest BCUT2D eigenvalue weighted by Gasteiger charge is 2.13. The number of rotatable bonds is 5. The summed E-state index contributed by atoms with van der Waals surface area (Å²) in [6.45, 7) is 3.96. The van der Waals surface area contributed by atoms with E-state index >= 15 is 0 Å². The molecule has 1 aromatic carbocycles. The second kappa shape index (κ2) is 6.23. The summed E-state index contributed by atoms with van der Waals surface area (Å²) in [5.41, 5.74) is 5.89. The Labute approximate surface area is 116 Å². The molecule has 3 nitrogen and oxygen atoms in total. The van der Waals surface area contributed by atoms with Gasteiger partial charge in [-0.1, -0.05) is 6.07 Å². The molecule has 102 valence electrons. The van der Waals surface area contributed by atoms with Crippen molar-refractivity contribution in [2.24, 2.45) is 5.84 Å². The number of thiazole rings is 1. The van der Waals surface area contributed by atoms with Gasteiger partial charge in [0.1, 0.15) is 5.82 Å². The maximum Gasteiger partial charge on any atom is 0.123 e. The summed E-state index contributed by atoms with van der Waals surface area (Å²) >= 11 is 1.63. The van der Waals surface area contributed by atoms with Gasteiger partial charge in [0.15, 0.2) is 0 Å². The number of benzene rings is 1. The van der Waals surface area contributed by atoms with Crippen LogP contribution in [0.2, 0.25) is 0 Å². The van der Waals surface area contributed by atoms with Gasteiger partial charge in [-0.2, -0.15) is 0 Å². The molecule has 0 spiro atoms. The molecule has 3 N–H and O–H groups in total. The maximum atomic E-state index is 13.3. The Balaban J connectivity index is 2.08. The Morgan fingerprint density at radius 3 is 2.79 bits per heavy atom. The number of nitrogens with zero attached hydrogens (tertiary/aromatic N) is 1. The van der Waals surface area contributed by atoms with Crippen molar-refractivity contribution < 1.29 is 4.39 Å². The van der Waals surface area contributed by atoms with Crippen LogP contribution in [-0.4, -0.2) is 11.0 Å². The molecule has 0 amide bonds. The summed E-state index contributed by atoms with van der Waals surface area (Å²) in [5, 5.41) is 3.07. The average Bonchev–Trinajstić information content (AvgIpc) is 2.78. The fraction of sp³-hybridized carbons (Fsp3) is 0.357. The van der Waals surface area contributed by atoms with Gasteiger partial charge in [0, 0.05) is 23.5 Å². The average molecular weight is 279 g/mol. The third-order valence-electron chi connectivity index (χ3n) is 3.10. The molecule has 0 radical (unpaired) electrons. The lowest BCUT2D eigenvalue weighted by atomic mass is 9.99. The Hall–Kier alpha value is -1.30. The van der Waals surface area contributed by atoms with Gasteiger partial charge < -0.3 is 0 Å². The monoisotopic (exact) mass is 279 g/mol. The third kappa shape index (κ3) is 3.83. The SMILES string of the molecule is Cc1csc(CC(Cc2cc(F)ccc2C)NN)n1. The molecule has 0 saturated heterocycles. The topological polar surface area (TPSA) is 50.9 Å². The largest absolute Gasteiger partial charge is 0.271 e. The highest BCUT2D eigenvalue weighted by molar-refractivity contribution is 7.09. The van der Waals surface area contributed by atoms with Gasteiger partial charge in [-0.15, -0.1) is 11.3 Å². The molecular weight excluding hydrogens is 261 g/mol. The minimum Gasteiger partial charge on any atom is -0.271 e. The van der Waals surface area contributed by atoms with Crippen molar-refractivity contribution in [1.29, 1.82) is 0 Å². The second-order valence-corrected chi connectivity index (χ2v) is 5.67. The van der Waals surface area contributed by atoms with Crippen molar-refractivity contribution in [3.8, 4) is 0 Å². The van der Waals surface area contributed by atoms with Crippen LogP contribution < -0.4 is 11.3 Å². The molecular formula is C14H18FN3S. The van der Waals surface area contributed by atoms with E-state index in [1.807, 2.05) is 19.2 Å². The van der Waals surface area contributed by atoms with Gasteiger partial charge in [-0.3, -0.25) is 11.3 Å². The van der Waals surface area contributed by atoms with Crippen molar-refractivity contribution in [1.82, 2.24) is 10.4 Å². The molecule has 5 heteroatoms. The van der Waals surface area contributed by atoms with Crippen molar-refractivity contribution in [2.45, 2.75) is 32.7 Å². The highest BCUT2D eigenvalue weighted by atomic mass is 32.1. The van der Waals surface area contributed by atoms with Crippen LogP contribution in [0.5, 0.6) is 0 Å². The Bertz CT molecular complexity index is 553. The molecule has 1 heterocycles. The smallest absolute Gasteiger partial charge is 0.123 e. The molecule has 0 aliphatic rings. The van der Waals surface area contributed by atoms with E-state index in [1.54, 1.807) is 23.5 Å². The van der Waals surface area contributed by atoms with Gasteiger partial charge in [0.05, 0.1) is 5.01 Å². The summed E-state index contributed by atoms with van der Waals surface area (Å²) in [7, 11) is 0. The van der Waals surface area contributed by atoms with E-state index in [1.165, 1.54) is 6.07 Å². The molecule has 1 unspecified atom stereocenters. The normalized spacial score (nSPS) is 12.6. The summed E-state index contributed by atoms with van der Waals surface area (Å²) < 4.78 is 13.3. The van der Waals surface area contributed by atoms with Crippen LogP contribution in [0.3, 0.4) is 0 Å². The molecule has 2 rings (SSSR count). The number of hydrogen-bond acceptors (Lipinski definition) is 4. The third-order valence-corrected chi connectivity index (χ3v) is 4.09. The zero-order valence-electron chi connectivity index (χ0n) is 11.1. The van der Waals surface area contributed by atoms with E-state index in [2.05, 4.69) is 10.4 Å². The van der Waals surface area contributed by atoms with Crippen molar-refractivity contribution in [3.05, 3.63) is 51.2 Å². The van der Waals surface area contributed by atoms with Gasteiger partial charge >= 0.3 is 0 Å². The first-order valence-electron chi connectivity index (χ1n) is 6.20. The number of nitrogens with two attached hydrogens (primary N) is 1. The molecule has 0 aliphatic heterocycles. The van der Waals surface area contributed by atoms with E-state index in [9.17, 15) is 4.39 Å². The lowest BCUT2D eigenvalue weighted by Gasteiger charge is -2.16. The molecule has 0 bridgehead atoms. The number of aromatic nitrogens is 1. The maximum absolute atomic E-state index is 13.3. The first-order chi connectivity index (χ1) is 9.08. The quantitative estimate of drug-likeness (QED) is 0.653. The standard InChI is InChI=1S/C14H18FN3S/c1-9-3-4-12(15)5-11(9)6-13(18-16)7-14-17-10(2)8-19-14/h3-5,8,13,18H,6-7,16H2,1-2H3.